The summed E-state index contributed by atoms with van der Waals surface area (Å²) in [6, 6.07) is 7.34. The summed E-state index contributed by atoms with van der Waals surface area (Å²) in [7, 11) is -2.63. The molecule has 1 aromatic heterocycles. The van der Waals surface area contributed by atoms with Gasteiger partial charge in [-0.1, -0.05) is 0 Å². The largest absolute Gasteiger partial charge is 0.506 e. The Morgan fingerprint density at radius 1 is 1.04 bits per heavy atom. The summed E-state index contributed by atoms with van der Waals surface area (Å²) >= 11 is 0. The van der Waals surface area contributed by atoms with Gasteiger partial charge in [-0.3, -0.25) is 24.5 Å². The van der Waals surface area contributed by atoms with Crippen molar-refractivity contribution in [3.8, 4) is 5.75 Å². The number of aromatic nitrogens is 2. The second-order valence-electron chi connectivity index (χ2n) is 12.7. The highest BCUT2D eigenvalue weighted by atomic mass is 32.2. The normalized spacial score (nSPS) is 18.0. The number of carbonyl (C=O) groups is 4. The Morgan fingerprint density at radius 2 is 1.80 bits per heavy atom. The van der Waals surface area contributed by atoms with Crippen LogP contribution >= 0.6 is 0 Å². The van der Waals surface area contributed by atoms with E-state index in [1.807, 2.05) is 4.90 Å². The highest BCUT2D eigenvalue weighted by Crippen LogP contribution is 2.39. The monoisotopic (exact) mass is 725 g/mol. The molecule has 4 heterocycles. The minimum atomic E-state index is -4.35. The number of nitrogens with one attached hydrogen (secondary N) is 4. The lowest BCUT2D eigenvalue weighted by Crippen LogP contribution is -2.49. The highest BCUT2D eigenvalue weighted by Gasteiger charge is 2.38. The number of urea groups is 2. The van der Waals surface area contributed by atoms with Crippen LogP contribution in [0.5, 0.6) is 5.75 Å². The van der Waals surface area contributed by atoms with Crippen molar-refractivity contribution in [3.05, 3.63) is 48.0 Å². The van der Waals surface area contributed by atoms with Crippen molar-refractivity contribution in [1.29, 1.82) is 0 Å². The summed E-state index contributed by atoms with van der Waals surface area (Å²) in [5.41, 5.74) is 0.733. The van der Waals surface area contributed by atoms with Crippen LogP contribution in [0.4, 0.5) is 41.2 Å². The van der Waals surface area contributed by atoms with E-state index in [9.17, 15) is 32.7 Å². The number of rotatable bonds is 7. The van der Waals surface area contributed by atoms with Crippen LogP contribution in [0.2, 0.25) is 0 Å². The number of piperidine rings is 1. The lowest BCUT2D eigenvalue weighted by molar-refractivity contribution is -0.120. The minimum absolute atomic E-state index is 0.0234. The maximum atomic E-state index is 15.5. The molecule has 3 aliphatic rings. The van der Waals surface area contributed by atoms with Gasteiger partial charge in [-0.2, -0.15) is 13.5 Å². The molecular formula is C32H33F2N9O7S. The van der Waals surface area contributed by atoms with Gasteiger partial charge in [-0.05, 0) is 67.0 Å². The molecule has 0 saturated carbocycles. The summed E-state index contributed by atoms with van der Waals surface area (Å²) < 4.78 is 59.0. The Hall–Kier alpha value is -5.72. The maximum Gasteiger partial charge on any atom is 0.329 e. The van der Waals surface area contributed by atoms with Crippen molar-refractivity contribution < 1.29 is 41.5 Å². The minimum Gasteiger partial charge on any atom is -0.506 e. The number of nitrogens with zero attached hydrogens (tertiary/aromatic N) is 5. The summed E-state index contributed by atoms with van der Waals surface area (Å²) in [6.45, 7) is 1.04. The zero-order valence-corrected chi connectivity index (χ0v) is 28.0. The molecule has 3 fully saturated rings. The Morgan fingerprint density at radius 3 is 2.51 bits per heavy atom. The fourth-order valence-corrected chi connectivity index (χ4v) is 7.95. The first kappa shape index (κ1) is 33.8. The molecule has 3 aromatic carbocycles. The number of phenolic OH excluding ortho intramolecular Hbond substituents is 1. The van der Waals surface area contributed by atoms with E-state index in [-0.39, 0.29) is 41.4 Å². The molecule has 3 saturated heterocycles. The summed E-state index contributed by atoms with van der Waals surface area (Å²) in [5, 5.41) is 23.3. The molecule has 16 nitrogen and oxygen atoms in total. The first-order valence-corrected chi connectivity index (χ1v) is 17.6. The maximum absolute atomic E-state index is 15.5. The third-order valence-electron chi connectivity index (χ3n) is 9.36. The average Bonchev–Trinajstić information content (AvgIpc) is 3.53. The van der Waals surface area contributed by atoms with Crippen LogP contribution in [-0.4, -0.2) is 79.9 Å². The van der Waals surface area contributed by atoms with Crippen molar-refractivity contribution in [2.45, 2.75) is 25.7 Å². The van der Waals surface area contributed by atoms with Crippen LogP contribution in [0.1, 0.15) is 25.7 Å². The third kappa shape index (κ3) is 6.39. The zero-order chi connectivity index (χ0) is 36.2. The molecule has 0 aliphatic carbocycles. The highest BCUT2D eigenvalue weighted by molar-refractivity contribution is 7.92. The topological polar surface area (TPSA) is 198 Å². The molecule has 268 valence electrons. The Balaban J connectivity index is 0.927. The first-order chi connectivity index (χ1) is 24.3. The van der Waals surface area contributed by atoms with Gasteiger partial charge in [0.2, 0.25) is 5.91 Å². The second-order valence-corrected chi connectivity index (χ2v) is 14.2. The Bertz CT molecular complexity index is 2240. The first-order valence-electron chi connectivity index (χ1n) is 16.1. The van der Waals surface area contributed by atoms with Gasteiger partial charge < -0.3 is 20.6 Å². The molecular weight excluding hydrogens is 692 g/mol. The van der Waals surface area contributed by atoms with Crippen molar-refractivity contribution in [3.63, 3.8) is 0 Å². The quantitative estimate of drug-likeness (QED) is 0.190. The van der Waals surface area contributed by atoms with Crippen molar-refractivity contribution in [1.82, 2.24) is 25.1 Å². The number of phenols is 1. The predicted molar refractivity (Wildman–Crippen MR) is 183 cm³/mol. The number of anilines is 4. The van der Waals surface area contributed by atoms with Gasteiger partial charge in [0.15, 0.2) is 11.6 Å². The van der Waals surface area contributed by atoms with Crippen LogP contribution in [0, 0.1) is 17.6 Å². The van der Waals surface area contributed by atoms with E-state index >= 15 is 8.78 Å². The number of imide groups is 1. The number of fused-ring (bicyclic) bond motifs is 2. The SMILES string of the molecule is Cn1nc(N2CCC(=O)NC2=O)c2cc(F)c(N3CCC(CCNC(=O)Nc4ccc5c(F)c(N6CC(=O)NS6(=O)=O)c(O)cc5c4)CC3)cc21. The van der Waals surface area contributed by atoms with Crippen LogP contribution in [0.25, 0.3) is 21.7 Å². The molecule has 6 amide bonds. The molecule has 19 heteroatoms. The second kappa shape index (κ2) is 12.9. The molecule has 7 rings (SSSR count). The molecule has 51 heavy (non-hydrogen) atoms. The zero-order valence-electron chi connectivity index (χ0n) is 27.2. The molecule has 5 N–H and O–H groups in total. The molecule has 0 unspecified atom stereocenters. The Labute approximate surface area is 289 Å². The molecule has 0 spiro atoms. The van der Waals surface area contributed by atoms with Crippen molar-refractivity contribution >= 4 is 78.6 Å². The van der Waals surface area contributed by atoms with E-state index in [1.165, 1.54) is 29.2 Å². The lowest BCUT2D eigenvalue weighted by Gasteiger charge is -2.34. The van der Waals surface area contributed by atoms with Crippen LogP contribution in [0.3, 0.4) is 0 Å². The summed E-state index contributed by atoms with van der Waals surface area (Å²) in [6.07, 6.45) is 2.35. The van der Waals surface area contributed by atoms with Crippen LogP contribution in [0.15, 0.2) is 36.4 Å². The van der Waals surface area contributed by atoms with Gasteiger partial charge in [-0.25, -0.2) is 27.4 Å². The molecule has 0 atom stereocenters. The van der Waals surface area contributed by atoms with Gasteiger partial charge >= 0.3 is 22.3 Å². The van der Waals surface area contributed by atoms with Crippen LogP contribution in [-0.2, 0) is 26.8 Å². The fraction of sp³-hybridized carbons (Fsp3) is 0.344. The number of carbonyl (C=O) groups excluding carboxylic acids is 4. The van der Waals surface area contributed by atoms with E-state index in [4.69, 9.17) is 0 Å². The predicted octanol–water partition coefficient (Wildman–Crippen LogP) is 2.77. The van der Waals surface area contributed by atoms with E-state index in [0.717, 1.165) is 18.9 Å². The Kier molecular flexibility index (Phi) is 8.52. The number of aromatic hydroxyl groups is 1. The van der Waals surface area contributed by atoms with Crippen molar-refractivity contribution in [2.75, 3.05) is 52.1 Å². The van der Waals surface area contributed by atoms with E-state index in [2.05, 4.69) is 21.0 Å². The lowest BCUT2D eigenvalue weighted by atomic mass is 9.93. The molecule has 3 aliphatic heterocycles. The molecule has 0 bridgehead atoms. The average molecular weight is 726 g/mol. The smallest absolute Gasteiger partial charge is 0.329 e. The standard InChI is InChI=1S/C32H33F2N9O7S/c1-40-23-15-24(22(33)14-21(23)30(38-40)42-11-7-26(45)37-32(42)48)41-9-5-17(6-10-41)4-8-35-31(47)36-19-2-3-20-18(12-19)13-25(44)29(28(20)34)43-16-27(46)39-51(43,49)50/h2-3,12-15,17,44H,4-11,16H2,1H3,(H,39,46)(H2,35,36,47)(H,37,45,48). The fourth-order valence-electron chi connectivity index (χ4n) is 6.78. The molecule has 0 radical (unpaired) electrons. The van der Waals surface area contributed by atoms with Gasteiger partial charge in [0.05, 0.1) is 11.2 Å². The van der Waals surface area contributed by atoms with Gasteiger partial charge in [0.1, 0.15) is 23.8 Å². The van der Waals surface area contributed by atoms with Crippen LogP contribution < -0.4 is 34.8 Å². The van der Waals surface area contributed by atoms with Gasteiger partial charge in [0.25, 0.3) is 5.91 Å². The third-order valence-corrected chi connectivity index (χ3v) is 10.7. The number of halogens is 2. The van der Waals surface area contributed by atoms with E-state index < -0.39 is 57.8 Å². The number of benzene rings is 3. The molecule has 4 aromatic rings. The number of amides is 6. The van der Waals surface area contributed by atoms with Gasteiger partial charge in [-0.15, -0.1) is 0 Å². The van der Waals surface area contributed by atoms with E-state index in [1.54, 1.807) is 22.5 Å². The van der Waals surface area contributed by atoms with E-state index in [0.29, 0.717) is 52.6 Å². The summed E-state index contributed by atoms with van der Waals surface area (Å²) in [4.78, 5) is 51.5. The summed E-state index contributed by atoms with van der Waals surface area (Å²) in [5.74, 6) is -2.83. The number of hydrogen-bond acceptors (Lipinski definition) is 9. The number of hydrogen-bond donors (Lipinski definition) is 5. The van der Waals surface area contributed by atoms with Crippen molar-refractivity contribution in [2.24, 2.45) is 13.0 Å². The number of aryl methyl sites for hydroxylation is 1. The van der Waals surface area contributed by atoms with Gasteiger partial charge in [0, 0.05) is 56.1 Å².